The molecule has 0 aromatic heterocycles. The summed E-state index contributed by atoms with van der Waals surface area (Å²) >= 11 is 0. The summed E-state index contributed by atoms with van der Waals surface area (Å²) in [7, 11) is 4.41. The fourth-order valence-corrected chi connectivity index (χ4v) is 2.53. The van der Waals surface area contributed by atoms with Crippen LogP contribution in [0.2, 0.25) is 0 Å². The Kier molecular flexibility index (Phi) is 6.43. The van der Waals surface area contributed by atoms with Crippen molar-refractivity contribution in [1.29, 1.82) is 0 Å². The minimum absolute atomic E-state index is 0.0287. The van der Waals surface area contributed by atoms with E-state index in [1.54, 1.807) is 30.3 Å². The molecule has 0 radical (unpaired) electrons. The van der Waals surface area contributed by atoms with Gasteiger partial charge in [-0.2, -0.15) is 0 Å². The summed E-state index contributed by atoms with van der Waals surface area (Å²) in [5.74, 6) is -0.187. The molecule has 7 heteroatoms. The molecule has 0 unspecified atom stereocenters. The van der Waals surface area contributed by atoms with Crippen molar-refractivity contribution in [2.45, 2.75) is 12.8 Å². The minimum Gasteiger partial charge on any atom is -0.493 e. The Hall–Kier alpha value is -3.22. The summed E-state index contributed by atoms with van der Waals surface area (Å²) in [4.78, 5) is 23.4. The maximum Gasteiger partial charge on any atom is 0.303 e. The summed E-state index contributed by atoms with van der Waals surface area (Å²) in [5, 5.41) is 11.6. The highest BCUT2D eigenvalue weighted by atomic mass is 16.5. The van der Waals surface area contributed by atoms with E-state index in [1.807, 2.05) is 6.07 Å². The number of ether oxygens (including phenoxy) is 3. The van der Waals surface area contributed by atoms with Crippen LogP contribution >= 0.6 is 0 Å². The number of nitrogens with one attached hydrogen (secondary N) is 1. The Bertz CT molecular complexity index is 803. The third-order valence-corrected chi connectivity index (χ3v) is 3.76. The lowest BCUT2D eigenvalue weighted by Gasteiger charge is -2.15. The number of methoxy groups -OCH3 is 3. The number of anilines is 1. The van der Waals surface area contributed by atoms with E-state index in [-0.39, 0.29) is 18.1 Å². The predicted octanol–water partition coefficient (Wildman–Crippen LogP) is 2.98. The largest absolute Gasteiger partial charge is 0.493 e. The van der Waals surface area contributed by atoms with E-state index in [9.17, 15) is 9.59 Å². The van der Waals surface area contributed by atoms with E-state index >= 15 is 0 Å². The third kappa shape index (κ3) is 4.44. The summed E-state index contributed by atoms with van der Waals surface area (Å²) in [6.45, 7) is 0. The van der Waals surface area contributed by atoms with Crippen molar-refractivity contribution in [3.8, 4) is 17.2 Å². The van der Waals surface area contributed by atoms with E-state index < -0.39 is 5.97 Å². The van der Waals surface area contributed by atoms with Gasteiger partial charge in [-0.15, -0.1) is 0 Å². The first-order chi connectivity index (χ1) is 12.5. The quantitative estimate of drug-likeness (QED) is 0.752. The zero-order valence-corrected chi connectivity index (χ0v) is 14.9. The number of hydrogen-bond donors (Lipinski definition) is 2. The molecule has 2 aromatic rings. The molecule has 1 amide bonds. The molecular weight excluding hydrogens is 338 g/mol. The van der Waals surface area contributed by atoms with Crippen molar-refractivity contribution in [3.05, 3.63) is 47.5 Å². The maximum atomic E-state index is 12.7. The number of carboxylic acids is 1. The average Bonchev–Trinajstić information content (AvgIpc) is 2.65. The zero-order valence-electron chi connectivity index (χ0n) is 14.9. The smallest absolute Gasteiger partial charge is 0.303 e. The fraction of sp³-hybridized carbons (Fsp3) is 0.263. The minimum atomic E-state index is -0.866. The van der Waals surface area contributed by atoms with Crippen LogP contribution in [-0.2, 0) is 11.2 Å². The van der Waals surface area contributed by atoms with E-state index in [1.165, 1.54) is 21.3 Å². The van der Waals surface area contributed by atoms with Gasteiger partial charge in [0.2, 0.25) is 5.75 Å². The van der Waals surface area contributed by atoms with Gasteiger partial charge in [0, 0.05) is 12.1 Å². The number of benzene rings is 2. The Morgan fingerprint density at radius 1 is 1.00 bits per heavy atom. The Labute approximate surface area is 151 Å². The first-order valence-corrected chi connectivity index (χ1v) is 7.91. The lowest BCUT2D eigenvalue weighted by atomic mass is 10.1. The molecule has 26 heavy (non-hydrogen) atoms. The van der Waals surface area contributed by atoms with Gasteiger partial charge >= 0.3 is 5.97 Å². The third-order valence-electron chi connectivity index (χ3n) is 3.76. The van der Waals surface area contributed by atoms with Crippen molar-refractivity contribution in [3.63, 3.8) is 0 Å². The van der Waals surface area contributed by atoms with Crippen LogP contribution in [-0.4, -0.2) is 38.3 Å². The van der Waals surface area contributed by atoms with Gasteiger partial charge in [-0.3, -0.25) is 9.59 Å². The molecule has 138 valence electrons. The lowest BCUT2D eigenvalue weighted by molar-refractivity contribution is -0.136. The van der Waals surface area contributed by atoms with Crippen LogP contribution in [0.15, 0.2) is 36.4 Å². The monoisotopic (exact) mass is 359 g/mol. The van der Waals surface area contributed by atoms with Crippen molar-refractivity contribution < 1.29 is 28.9 Å². The number of aryl methyl sites for hydroxylation is 1. The van der Waals surface area contributed by atoms with E-state index in [2.05, 4.69) is 5.32 Å². The number of carbonyl (C=O) groups excluding carboxylic acids is 1. The highest BCUT2D eigenvalue weighted by Crippen LogP contribution is 2.39. The molecule has 2 N–H and O–H groups in total. The van der Waals surface area contributed by atoms with Gasteiger partial charge in [-0.25, -0.2) is 0 Å². The van der Waals surface area contributed by atoms with Gasteiger partial charge in [0.15, 0.2) is 11.5 Å². The molecule has 0 bridgehead atoms. The van der Waals surface area contributed by atoms with Gasteiger partial charge in [0.25, 0.3) is 5.91 Å². The van der Waals surface area contributed by atoms with Crippen LogP contribution in [0, 0.1) is 0 Å². The topological polar surface area (TPSA) is 94.1 Å². The van der Waals surface area contributed by atoms with Gasteiger partial charge in [-0.1, -0.05) is 12.1 Å². The summed E-state index contributed by atoms with van der Waals surface area (Å²) in [5.41, 5.74) is 1.68. The molecule has 0 atom stereocenters. The van der Waals surface area contributed by atoms with Gasteiger partial charge in [0.1, 0.15) is 0 Å². The van der Waals surface area contributed by atoms with Crippen LogP contribution in [0.1, 0.15) is 22.3 Å². The molecule has 2 rings (SSSR count). The van der Waals surface area contributed by atoms with Crippen LogP contribution in [0.3, 0.4) is 0 Å². The molecule has 0 saturated carbocycles. The molecule has 0 aliphatic rings. The molecule has 0 aliphatic carbocycles. The molecule has 0 heterocycles. The number of rotatable bonds is 8. The molecule has 0 saturated heterocycles. The Balaban J connectivity index is 2.25. The summed E-state index contributed by atoms with van der Waals surface area (Å²) < 4.78 is 15.8. The molecule has 0 fully saturated rings. The lowest BCUT2D eigenvalue weighted by Crippen LogP contribution is -2.14. The Morgan fingerprint density at radius 2 is 1.73 bits per heavy atom. The summed E-state index contributed by atoms with van der Waals surface area (Å²) in [6, 6.07) is 10.3. The highest BCUT2D eigenvalue weighted by molar-refractivity contribution is 6.07. The standard InChI is InChI=1S/C19H21NO6/c1-24-15-9-8-14(17(25-2)18(15)26-3)19(23)20-13-6-4-5-12(11-13)7-10-16(21)22/h4-6,8-9,11H,7,10H2,1-3H3,(H,20,23)(H,21,22). The van der Waals surface area contributed by atoms with Crippen LogP contribution in [0.4, 0.5) is 5.69 Å². The maximum absolute atomic E-state index is 12.7. The predicted molar refractivity (Wildman–Crippen MR) is 96.5 cm³/mol. The number of carboxylic acid groups (broad SMARTS) is 1. The molecule has 0 aliphatic heterocycles. The molecule has 7 nitrogen and oxygen atoms in total. The summed E-state index contributed by atoms with van der Waals surface area (Å²) in [6.07, 6.45) is 0.416. The number of aliphatic carboxylic acids is 1. The van der Waals surface area contributed by atoms with Gasteiger partial charge in [0.05, 0.1) is 26.9 Å². The van der Waals surface area contributed by atoms with E-state index in [4.69, 9.17) is 19.3 Å². The SMILES string of the molecule is COc1ccc(C(=O)Nc2cccc(CCC(=O)O)c2)c(OC)c1OC. The number of hydrogen-bond acceptors (Lipinski definition) is 5. The normalized spacial score (nSPS) is 10.1. The average molecular weight is 359 g/mol. The van der Waals surface area contributed by atoms with Crippen LogP contribution in [0.25, 0.3) is 0 Å². The number of carbonyl (C=O) groups is 2. The van der Waals surface area contributed by atoms with Crippen LogP contribution in [0.5, 0.6) is 17.2 Å². The van der Waals surface area contributed by atoms with E-state index in [0.717, 1.165) is 5.56 Å². The van der Waals surface area contributed by atoms with Crippen LogP contribution < -0.4 is 19.5 Å². The van der Waals surface area contributed by atoms with Crippen molar-refractivity contribution in [2.24, 2.45) is 0 Å². The molecule has 0 spiro atoms. The van der Waals surface area contributed by atoms with Gasteiger partial charge < -0.3 is 24.6 Å². The van der Waals surface area contributed by atoms with Crippen molar-refractivity contribution in [1.82, 2.24) is 0 Å². The van der Waals surface area contributed by atoms with Crippen molar-refractivity contribution >= 4 is 17.6 Å². The van der Waals surface area contributed by atoms with E-state index in [0.29, 0.717) is 29.2 Å². The fourth-order valence-electron chi connectivity index (χ4n) is 2.53. The second-order valence-corrected chi connectivity index (χ2v) is 5.43. The Morgan fingerprint density at radius 3 is 2.35 bits per heavy atom. The molecular formula is C19H21NO6. The van der Waals surface area contributed by atoms with Gasteiger partial charge in [-0.05, 0) is 36.2 Å². The second-order valence-electron chi connectivity index (χ2n) is 5.43. The number of amides is 1. The molecule has 2 aromatic carbocycles. The highest BCUT2D eigenvalue weighted by Gasteiger charge is 2.20. The second kappa shape index (κ2) is 8.75. The first-order valence-electron chi connectivity index (χ1n) is 7.91. The first kappa shape index (κ1) is 19.1. The zero-order chi connectivity index (χ0) is 19.1. The van der Waals surface area contributed by atoms with Crippen molar-refractivity contribution in [2.75, 3.05) is 26.6 Å².